The number of urea groups is 1. The predicted molar refractivity (Wildman–Crippen MR) is 84.1 cm³/mol. The highest BCUT2D eigenvalue weighted by atomic mass is 16.2. The zero-order chi connectivity index (χ0) is 16.7. The number of hydrogen-bond acceptors (Lipinski definition) is 5. The molecule has 1 aromatic carbocycles. The van der Waals surface area contributed by atoms with Crippen LogP contribution in [-0.4, -0.2) is 63.3 Å². The number of amides is 4. The molecule has 2 aliphatic heterocycles. The Balaban J connectivity index is 1.52. The number of aromatic nitrogens is 2. The van der Waals surface area contributed by atoms with E-state index in [0.29, 0.717) is 30.6 Å². The minimum absolute atomic E-state index is 0.0343. The average Bonchev–Trinajstić information content (AvgIpc) is 3.20. The van der Waals surface area contributed by atoms with Gasteiger partial charge in [0.05, 0.1) is 23.6 Å². The van der Waals surface area contributed by atoms with Crippen LogP contribution in [0.2, 0.25) is 0 Å². The average molecular weight is 325 g/mol. The van der Waals surface area contributed by atoms with Gasteiger partial charge in [-0.2, -0.15) is 0 Å². The van der Waals surface area contributed by atoms with Gasteiger partial charge in [0.25, 0.3) is 5.91 Å². The third-order valence-corrected chi connectivity index (χ3v) is 4.41. The van der Waals surface area contributed by atoms with Crippen LogP contribution >= 0.6 is 0 Å². The number of rotatable bonds is 2. The van der Waals surface area contributed by atoms with Crippen molar-refractivity contribution in [3.05, 3.63) is 36.2 Å². The van der Waals surface area contributed by atoms with E-state index in [1.807, 2.05) is 0 Å². The topological polar surface area (TPSA) is 95.5 Å². The van der Waals surface area contributed by atoms with Crippen molar-refractivity contribution in [2.24, 2.45) is 0 Å². The first-order valence-corrected chi connectivity index (χ1v) is 7.73. The number of benzene rings is 1. The van der Waals surface area contributed by atoms with E-state index >= 15 is 0 Å². The summed E-state index contributed by atoms with van der Waals surface area (Å²) in [6, 6.07) is 4.57. The van der Waals surface area contributed by atoms with Crippen LogP contribution in [0.4, 0.5) is 4.79 Å². The fourth-order valence-corrected chi connectivity index (χ4v) is 3.22. The Kier molecular flexibility index (Phi) is 3.37. The first-order valence-electron chi connectivity index (χ1n) is 7.73. The molecule has 1 aromatic heterocycles. The number of nitrogens with one attached hydrogen (secondary N) is 1. The van der Waals surface area contributed by atoms with Crippen molar-refractivity contribution in [3.63, 3.8) is 0 Å². The lowest BCUT2D eigenvalue weighted by Crippen LogP contribution is -2.42. The third kappa shape index (κ3) is 2.36. The summed E-state index contributed by atoms with van der Waals surface area (Å²) in [7, 11) is 0. The molecule has 2 saturated heterocycles. The van der Waals surface area contributed by atoms with Crippen LogP contribution in [0.15, 0.2) is 30.6 Å². The molecular formula is C16H15N5O3. The summed E-state index contributed by atoms with van der Waals surface area (Å²) in [4.78, 5) is 47.5. The molecule has 0 spiro atoms. The molecule has 122 valence electrons. The van der Waals surface area contributed by atoms with E-state index in [1.165, 1.54) is 4.90 Å². The molecule has 1 N–H and O–H groups in total. The summed E-state index contributed by atoms with van der Waals surface area (Å²) >= 11 is 0. The largest absolute Gasteiger partial charge is 0.336 e. The quantitative estimate of drug-likeness (QED) is 0.806. The van der Waals surface area contributed by atoms with Gasteiger partial charge in [-0.15, -0.1) is 0 Å². The molecule has 4 amide bonds. The maximum atomic E-state index is 12.7. The van der Waals surface area contributed by atoms with Gasteiger partial charge in [0.1, 0.15) is 0 Å². The van der Waals surface area contributed by atoms with E-state index in [9.17, 15) is 14.4 Å². The van der Waals surface area contributed by atoms with Gasteiger partial charge < -0.3 is 10.2 Å². The molecule has 8 nitrogen and oxygen atoms in total. The molecule has 24 heavy (non-hydrogen) atoms. The first-order chi connectivity index (χ1) is 11.6. The second kappa shape index (κ2) is 5.55. The van der Waals surface area contributed by atoms with Crippen LogP contribution in [-0.2, 0) is 4.79 Å². The van der Waals surface area contributed by atoms with Gasteiger partial charge in [0.2, 0.25) is 5.91 Å². The molecule has 2 fully saturated rings. The monoisotopic (exact) mass is 325 g/mol. The summed E-state index contributed by atoms with van der Waals surface area (Å²) in [5.41, 5.74) is 1.92. The lowest BCUT2D eigenvalue weighted by Gasteiger charge is -2.21. The van der Waals surface area contributed by atoms with Crippen molar-refractivity contribution in [2.75, 3.05) is 19.6 Å². The summed E-state index contributed by atoms with van der Waals surface area (Å²) in [5.74, 6) is -0.364. The Labute approximate surface area is 137 Å². The Bertz CT molecular complexity index is 836. The van der Waals surface area contributed by atoms with E-state index in [1.54, 1.807) is 35.5 Å². The smallest absolute Gasteiger partial charge is 0.324 e. The fourth-order valence-electron chi connectivity index (χ4n) is 3.22. The van der Waals surface area contributed by atoms with Crippen molar-refractivity contribution in [1.82, 2.24) is 25.1 Å². The predicted octanol–water partition coefficient (Wildman–Crippen LogP) is 0.396. The minimum atomic E-state index is -0.375. The molecule has 4 rings (SSSR count). The van der Waals surface area contributed by atoms with Crippen LogP contribution in [0, 0.1) is 0 Å². The minimum Gasteiger partial charge on any atom is -0.336 e. The van der Waals surface area contributed by atoms with Gasteiger partial charge in [-0.3, -0.25) is 24.5 Å². The summed E-state index contributed by atoms with van der Waals surface area (Å²) in [6.07, 6.45) is 3.78. The van der Waals surface area contributed by atoms with Gasteiger partial charge in [0, 0.05) is 31.0 Å². The van der Waals surface area contributed by atoms with E-state index in [-0.39, 0.29) is 30.4 Å². The van der Waals surface area contributed by atoms with Gasteiger partial charge in [-0.05, 0) is 24.6 Å². The molecule has 1 unspecified atom stereocenters. The lowest BCUT2D eigenvalue weighted by molar-refractivity contribution is -0.126. The highest BCUT2D eigenvalue weighted by Gasteiger charge is 2.39. The van der Waals surface area contributed by atoms with Crippen LogP contribution in [0.3, 0.4) is 0 Å². The maximum absolute atomic E-state index is 12.7. The number of imide groups is 1. The van der Waals surface area contributed by atoms with Crippen LogP contribution in [0.5, 0.6) is 0 Å². The van der Waals surface area contributed by atoms with Crippen LogP contribution in [0.25, 0.3) is 11.0 Å². The number of likely N-dealkylation sites (tertiary alicyclic amines) is 1. The number of fused-ring (bicyclic) bond motifs is 1. The Hall–Kier alpha value is -3.03. The zero-order valence-corrected chi connectivity index (χ0v) is 12.8. The summed E-state index contributed by atoms with van der Waals surface area (Å²) in [5, 5.41) is 2.51. The maximum Gasteiger partial charge on any atom is 0.324 e. The molecule has 2 aliphatic rings. The van der Waals surface area contributed by atoms with Crippen molar-refractivity contribution in [3.8, 4) is 0 Å². The Morgan fingerprint density at radius 2 is 1.96 bits per heavy atom. The lowest BCUT2D eigenvalue weighted by atomic mass is 10.1. The van der Waals surface area contributed by atoms with E-state index in [4.69, 9.17) is 0 Å². The molecule has 0 bridgehead atoms. The molecular weight excluding hydrogens is 310 g/mol. The third-order valence-electron chi connectivity index (χ3n) is 4.41. The molecule has 0 radical (unpaired) electrons. The number of hydrogen-bond donors (Lipinski definition) is 1. The molecule has 8 heteroatoms. The van der Waals surface area contributed by atoms with Crippen molar-refractivity contribution < 1.29 is 14.4 Å². The zero-order valence-electron chi connectivity index (χ0n) is 12.8. The van der Waals surface area contributed by atoms with Crippen molar-refractivity contribution in [2.45, 2.75) is 12.5 Å². The van der Waals surface area contributed by atoms with Crippen LogP contribution < -0.4 is 5.32 Å². The number of carbonyl (C=O) groups is 3. The SMILES string of the molecule is O=C(c1ccc2nccnc2c1)N1CCC(N2C(=O)CNC2=O)C1. The summed E-state index contributed by atoms with van der Waals surface area (Å²) in [6.45, 7) is 0.905. The molecule has 2 aromatic rings. The fraction of sp³-hybridized carbons (Fsp3) is 0.312. The summed E-state index contributed by atoms with van der Waals surface area (Å²) < 4.78 is 0. The highest BCUT2D eigenvalue weighted by Crippen LogP contribution is 2.21. The Morgan fingerprint density at radius 3 is 2.71 bits per heavy atom. The van der Waals surface area contributed by atoms with E-state index in [2.05, 4.69) is 15.3 Å². The number of nitrogens with zero attached hydrogens (tertiary/aromatic N) is 4. The van der Waals surface area contributed by atoms with E-state index in [0.717, 1.165) is 5.52 Å². The number of carbonyl (C=O) groups excluding carboxylic acids is 3. The molecule has 0 saturated carbocycles. The molecule has 0 aliphatic carbocycles. The normalized spacial score (nSPS) is 20.8. The van der Waals surface area contributed by atoms with Crippen LogP contribution in [0.1, 0.15) is 16.8 Å². The van der Waals surface area contributed by atoms with Gasteiger partial charge in [0.15, 0.2) is 0 Å². The molecule has 1 atom stereocenters. The Morgan fingerprint density at radius 1 is 1.17 bits per heavy atom. The second-order valence-corrected chi connectivity index (χ2v) is 5.88. The van der Waals surface area contributed by atoms with Crippen molar-refractivity contribution >= 4 is 28.9 Å². The standard InChI is InChI=1S/C16H15N5O3/c22-14-8-19-16(24)21(14)11-3-6-20(9-11)15(23)10-1-2-12-13(7-10)18-5-4-17-12/h1-2,4-5,7,11H,3,6,8-9H2,(H,19,24). The van der Waals surface area contributed by atoms with Gasteiger partial charge >= 0.3 is 6.03 Å². The second-order valence-electron chi connectivity index (χ2n) is 5.88. The van der Waals surface area contributed by atoms with Gasteiger partial charge in [-0.25, -0.2) is 4.79 Å². The molecule has 3 heterocycles. The van der Waals surface area contributed by atoms with E-state index < -0.39 is 0 Å². The first kappa shape index (κ1) is 14.6. The van der Waals surface area contributed by atoms with Gasteiger partial charge in [-0.1, -0.05) is 0 Å². The van der Waals surface area contributed by atoms with Crippen molar-refractivity contribution in [1.29, 1.82) is 0 Å². The highest BCUT2D eigenvalue weighted by molar-refractivity contribution is 6.02.